The van der Waals surface area contributed by atoms with E-state index in [0.29, 0.717) is 33.3 Å². The number of fused-ring (bicyclic) bond motifs is 4. The van der Waals surface area contributed by atoms with E-state index in [0.717, 1.165) is 4.47 Å². The summed E-state index contributed by atoms with van der Waals surface area (Å²) in [5, 5.41) is 0.976. The Labute approximate surface area is 161 Å². The molecule has 0 unspecified atom stereocenters. The second-order valence-corrected chi connectivity index (χ2v) is 7.12. The molecular formula is C21H12BrN3O2. The Hall–Kier alpha value is -3.25. The second-order valence-electron chi connectivity index (χ2n) is 6.21. The fourth-order valence-electron chi connectivity index (χ4n) is 3.40. The van der Waals surface area contributed by atoms with Crippen molar-refractivity contribution >= 4 is 43.5 Å². The lowest BCUT2D eigenvalue weighted by Gasteiger charge is -2.14. The van der Waals surface area contributed by atoms with Gasteiger partial charge in [0, 0.05) is 4.47 Å². The molecule has 130 valence electrons. The first kappa shape index (κ1) is 16.0. The summed E-state index contributed by atoms with van der Waals surface area (Å²) in [7, 11) is 0. The third-order valence-electron chi connectivity index (χ3n) is 4.60. The van der Waals surface area contributed by atoms with Crippen LogP contribution in [0, 0.1) is 0 Å². The zero-order chi connectivity index (χ0) is 18.5. The minimum absolute atomic E-state index is 0.199. The number of aromatic nitrogens is 3. The van der Waals surface area contributed by atoms with Crippen molar-refractivity contribution in [3.05, 3.63) is 98.0 Å². The molecule has 0 bridgehead atoms. The van der Waals surface area contributed by atoms with Crippen LogP contribution in [0.4, 0.5) is 0 Å². The fraction of sp³-hybridized carbons (Fsp3) is 0. The Morgan fingerprint density at radius 1 is 0.778 bits per heavy atom. The average molecular weight is 418 g/mol. The maximum Gasteiger partial charge on any atom is 0.267 e. The van der Waals surface area contributed by atoms with E-state index in [4.69, 9.17) is 0 Å². The van der Waals surface area contributed by atoms with Crippen molar-refractivity contribution < 1.29 is 0 Å². The van der Waals surface area contributed by atoms with Gasteiger partial charge in [0.2, 0.25) is 5.78 Å². The Kier molecular flexibility index (Phi) is 3.48. The van der Waals surface area contributed by atoms with Crippen LogP contribution in [0.5, 0.6) is 0 Å². The van der Waals surface area contributed by atoms with Gasteiger partial charge in [0.15, 0.2) is 0 Å². The van der Waals surface area contributed by atoms with E-state index in [1.165, 1.54) is 8.97 Å². The highest BCUT2D eigenvalue weighted by atomic mass is 79.9. The van der Waals surface area contributed by atoms with Gasteiger partial charge in [-0.2, -0.15) is 0 Å². The summed E-state index contributed by atoms with van der Waals surface area (Å²) in [4.78, 5) is 31.2. The molecule has 0 spiro atoms. The van der Waals surface area contributed by atoms with Crippen molar-refractivity contribution in [2.75, 3.05) is 0 Å². The minimum Gasteiger partial charge on any atom is -0.268 e. The Balaban J connectivity index is 2.13. The van der Waals surface area contributed by atoms with Gasteiger partial charge >= 0.3 is 0 Å². The zero-order valence-corrected chi connectivity index (χ0v) is 15.6. The summed E-state index contributed by atoms with van der Waals surface area (Å²) in [6, 6.07) is 21.6. The summed E-state index contributed by atoms with van der Waals surface area (Å²) in [5.74, 6) is 0.292. The average Bonchev–Trinajstić information content (AvgIpc) is 2.68. The predicted molar refractivity (Wildman–Crippen MR) is 110 cm³/mol. The molecule has 6 heteroatoms. The van der Waals surface area contributed by atoms with Crippen molar-refractivity contribution in [3.8, 4) is 5.69 Å². The summed E-state index contributed by atoms with van der Waals surface area (Å²) in [5.41, 5.74) is 1.33. The molecule has 0 fully saturated rings. The molecule has 27 heavy (non-hydrogen) atoms. The van der Waals surface area contributed by atoms with E-state index in [9.17, 15) is 9.59 Å². The lowest BCUT2D eigenvalue weighted by molar-refractivity contribution is 0.942. The monoisotopic (exact) mass is 417 g/mol. The molecule has 0 N–H and O–H groups in total. The summed E-state index contributed by atoms with van der Waals surface area (Å²) < 4.78 is 3.84. The van der Waals surface area contributed by atoms with Crippen molar-refractivity contribution in [1.82, 2.24) is 14.0 Å². The molecule has 5 aromatic rings. The van der Waals surface area contributed by atoms with E-state index < -0.39 is 0 Å². The van der Waals surface area contributed by atoms with Crippen LogP contribution < -0.4 is 11.1 Å². The summed E-state index contributed by atoms with van der Waals surface area (Å²) in [6.07, 6.45) is 0. The quantitative estimate of drug-likeness (QED) is 0.306. The predicted octanol–water partition coefficient (Wildman–Crippen LogP) is 3.91. The van der Waals surface area contributed by atoms with Gasteiger partial charge in [0.1, 0.15) is 0 Å². The lowest BCUT2D eigenvalue weighted by Crippen LogP contribution is -2.28. The summed E-state index contributed by atoms with van der Waals surface area (Å²) >= 11 is 3.45. The van der Waals surface area contributed by atoms with E-state index in [1.807, 2.05) is 42.5 Å². The molecular weight excluding hydrogens is 406 g/mol. The molecule has 0 aliphatic carbocycles. The van der Waals surface area contributed by atoms with E-state index in [1.54, 1.807) is 30.3 Å². The number of benzene rings is 3. The molecule has 5 rings (SSSR count). The smallest absolute Gasteiger partial charge is 0.267 e. The molecule has 2 aromatic heterocycles. The van der Waals surface area contributed by atoms with Crippen LogP contribution in [0.15, 0.2) is 86.9 Å². The summed E-state index contributed by atoms with van der Waals surface area (Å²) in [6.45, 7) is 0. The largest absolute Gasteiger partial charge is 0.268 e. The Bertz CT molecular complexity index is 1480. The molecule has 0 aliphatic rings. The maximum absolute atomic E-state index is 13.3. The van der Waals surface area contributed by atoms with Crippen LogP contribution in [0.2, 0.25) is 0 Å². The van der Waals surface area contributed by atoms with Gasteiger partial charge in [0.25, 0.3) is 11.1 Å². The van der Waals surface area contributed by atoms with Gasteiger partial charge in [-0.15, -0.1) is 0 Å². The van der Waals surface area contributed by atoms with Crippen LogP contribution in [0.3, 0.4) is 0 Å². The van der Waals surface area contributed by atoms with Gasteiger partial charge in [0.05, 0.1) is 27.5 Å². The van der Waals surface area contributed by atoms with Crippen molar-refractivity contribution in [2.45, 2.75) is 0 Å². The zero-order valence-electron chi connectivity index (χ0n) is 14.0. The van der Waals surface area contributed by atoms with E-state index >= 15 is 0 Å². The highest BCUT2D eigenvalue weighted by molar-refractivity contribution is 9.10. The Morgan fingerprint density at radius 3 is 2.33 bits per heavy atom. The number of hydrogen-bond donors (Lipinski definition) is 0. The lowest BCUT2D eigenvalue weighted by atomic mass is 10.2. The van der Waals surface area contributed by atoms with Gasteiger partial charge in [-0.1, -0.05) is 46.3 Å². The van der Waals surface area contributed by atoms with Gasteiger partial charge in [-0.05, 0) is 42.5 Å². The van der Waals surface area contributed by atoms with Gasteiger partial charge in [-0.25, -0.2) is 14.0 Å². The molecule has 0 aliphatic heterocycles. The first-order valence-electron chi connectivity index (χ1n) is 8.36. The van der Waals surface area contributed by atoms with Crippen molar-refractivity contribution in [1.29, 1.82) is 0 Å². The van der Waals surface area contributed by atoms with Crippen LogP contribution in [0.25, 0.3) is 33.3 Å². The van der Waals surface area contributed by atoms with Gasteiger partial charge in [-0.3, -0.25) is 9.59 Å². The molecule has 3 aromatic carbocycles. The first-order chi connectivity index (χ1) is 13.1. The van der Waals surface area contributed by atoms with Crippen LogP contribution in [0.1, 0.15) is 0 Å². The molecule has 5 nitrogen and oxygen atoms in total. The third-order valence-corrected chi connectivity index (χ3v) is 5.10. The molecule has 0 radical (unpaired) electrons. The van der Waals surface area contributed by atoms with Crippen LogP contribution >= 0.6 is 15.9 Å². The standard InChI is InChI=1S/C21H12BrN3O2/c22-13-6-5-7-14(12-13)24-20(27)16-9-2-4-11-18(16)25-19(26)15-8-1-3-10-17(15)23-21(24)25/h1-12H. The molecule has 0 amide bonds. The highest BCUT2D eigenvalue weighted by Crippen LogP contribution is 2.19. The second kappa shape index (κ2) is 5.89. The topological polar surface area (TPSA) is 56.4 Å². The van der Waals surface area contributed by atoms with E-state index in [-0.39, 0.29) is 11.1 Å². The van der Waals surface area contributed by atoms with Crippen molar-refractivity contribution in [3.63, 3.8) is 0 Å². The number of para-hydroxylation sites is 2. The number of hydrogen-bond acceptors (Lipinski definition) is 3. The number of halogens is 1. The number of nitrogens with zero attached hydrogens (tertiary/aromatic N) is 3. The third kappa shape index (κ3) is 2.34. The van der Waals surface area contributed by atoms with Crippen LogP contribution in [-0.2, 0) is 0 Å². The SMILES string of the molecule is O=c1c2ccccc2n2c(=O)c3ccccc3nc2n1-c1cccc(Br)c1. The highest BCUT2D eigenvalue weighted by Gasteiger charge is 2.16. The fourth-order valence-corrected chi connectivity index (χ4v) is 3.78. The molecule has 0 saturated heterocycles. The first-order valence-corrected chi connectivity index (χ1v) is 9.16. The maximum atomic E-state index is 13.3. The Morgan fingerprint density at radius 2 is 1.52 bits per heavy atom. The van der Waals surface area contributed by atoms with Crippen LogP contribution in [-0.4, -0.2) is 14.0 Å². The molecule has 0 saturated carbocycles. The number of rotatable bonds is 1. The molecule has 2 heterocycles. The van der Waals surface area contributed by atoms with E-state index in [2.05, 4.69) is 20.9 Å². The van der Waals surface area contributed by atoms with Crippen molar-refractivity contribution in [2.24, 2.45) is 0 Å². The molecule has 0 atom stereocenters. The normalized spacial score (nSPS) is 11.4. The minimum atomic E-state index is -0.217. The van der Waals surface area contributed by atoms with Gasteiger partial charge < -0.3 is 0 Å².